The summed E-state index contributed by atoms with van der Waals surface area (Å²) in [4.78, 5) is 3.94. The highest BCUT2D eigenvalue weighted by Crippen LogP contribution is 2.37. The number of hydrogen-bond donors (Lipinski definition) is 2. The van der Waals surface area contributed by atoms with Crippen molar-refractivity contribution in [3.8, 4) is 0 Å². The molecular formula is C10H18N2O2. The Morgan fingerprint density at radius 1 is 1.43 bits per heavy atom. The smallest absolute Gasteiger partial charge is 0.213 e. The van der Waals surface area contributed by atoms with Crippen LogP contribution in [0, 0.1) is 5.41 Å². The third-order valence-corrected chi connectivity index (χ3v) is 2.84. The van der Waals surface area contributed by atoms with E-state index in [1.54, 1.807) is 6.92 Å². The lowest BCUT2D eigenvalue weighted by molar-refractivity contribution is -0.0686. The number of nitrogens with two attached hydrogens (primary N) is 1. The van der Waals surface area contributed by atoms with E-state index in [-0.39, 0.29) is 5.41 Å². The molecule has 80 valence electrons. The molecule has 0 aromatic carbocycles. The largest absolute Gasteiger partial charge is 0.447 e. The maximum absolute atomic E-state index is 10.3. The summed E-state index contributed by atoms with van der Waals surface area (Å²) in [7, 11) is 0. The lowest BCUT2D eigenvalue weighted by Crippen LogP contribution is -2.48. The molecule has 3 N–H and O–H groups in total. The maximum atomic E-state index is 10.3. The Morgan fingerprint density at radius 2 is 2.00 bits per heavy atom. The number of hydrogen-bond acceptors (Lipinski definition) is 4. The van der Waals surface area contributed by atoms with Gasteiger partial charge in [0.05, 0.1) is 11.8 Å². The van der Waals surface area contributed by atoms with E-state index in [9.17, 15) is 5.11 Å². The molecule has 0 aliphatic carbocycles. The Labute approximate surface area is 84.1 Å². The molecule has 2 atom stereocenters. The van der Waals surface area contributed by atoms with Gasteiger partial charge in [0.15, 0.2) is 0 Å². The molecule has 1 rings (SSSR count). The monoisotopic (exact) mass is 198 g/mol. The predicted octanol–water partition coefficient (Wildman–Crippen LogP) is 1.47. The van der Waals surface area contributed by atoms with Crippen LogP contribution in [0.15, 0.2) is 16.9 Å². The third kappa shape index (κ3) is 1.81. The molecule has 0 radical (unpaired) electrons. The number of aromatic nitrogens is 1. The van der Waals surface area contributed by atoms with E-state index in [1.807, 2.05) is 20.8 Å². The SMILES string of the molecule is CC(C)(C)C(C)(O)C(N)c1ncco1. The van der Waals surface area contributed by atoms with Crippen molar-refractivity contribution in [1.29, 1.82) is 0 Å². The maximum Gasteiger partial charge on any atom is 0.213 e. The van der Waals surface area contributed by atoms with Crippen LogP contribution >= 0.6 is 0 Å². The molecule has 0 fully saturated rings. The summed E-state index contributed by atoms with van der Waals surface area (Å²) in [5.74, 6) is 0.366. The Bertz CT molecular complexity index is 286. The van der Waals surface area contributed by atoms with Crippen LogP contribution in [0.2, 0.25) is 0 Å². The quantitative estimate of drug-likeness (QED) is 0.754. The summed E-state index contributed by atoms with van der Waals surface area (Å²) in [6.07, 6.45) is 2.97. The van der Waals surface area contributed by atoms with Crippen molar-refractivity contribution in [3.63, 3.8) is 0 Å². The minimum absolute atomic E-state index is 0.332. The Balaban J connectivity index is 2.94. The van der Waals surface area contributed by atoms with Crippen molar-refractivity contribution in [1.82, 2.24) is 4.98 Å². The zero-order chi connectivity index (χ0) is 11.0. The summed E-state index contributed by atoms with van der Waals surface area (Å²) in [5.41, 5.74) is 4.51. The number of rotatable bonds is 2. The van der Waals surface area contributed by atoms with E-state index in [0.717, 1.165) is 0 Å². The standard InChI is InChI=1S/C10H18N2O2/c1-9(2,3)10(4,13)7(11)8-12-5-6-14-8/h5-7,13H,11H2,1-4H3. The molecule has 0 spiro atoms. The van der Waals surface area contributed by atoms with E-state index >= 15 is 0 Å². The summed E-state index contributed by atoms with van der Waals surface area (Å²) in [6, 6.07) is -0.613. The van der Waals surface area contributed by atoms with E-state index in [1.165, 1.54) is 12.5 Å². The highest BCUT2D eigenvalue weighted by atomic mass is 16.3. The van der Waals surface area contributed by atoms with Crippen molar-refractivity contribution in [2.45, 2.75) is 39.3 Å². The summed E-state index contributed by atoms with van der Waals surface area (Å²) in [5, 5.41) is 10.3. The molecule has 0 bridgehead atoms. The normalized spacial score (nSPS) is 19.0. The van der Waals surface area contributed by atoms with Gasteiger partial charge < -0.3 is 15.3 Å². The van der Waals surface area contributed by atoms with Gasteiger partial charge in [0, 0.05) is 0 Å². The van der Waals surface area contributed by atoms with Crippen LogP contribution in [0.1, 0.15) is 39.6 Å². The summed E-state index contributed by atoms with van der Waals surface area (Å²) in [6.45, 7) is 7.48. The van der Waals surface area contributed by atoms with Crippen molar-refractivity contribution in [3.05, 3.63) is 18.4 Å². The molecule has 4 heteroatoms. The fraction of sp³-hybridized carbons (Fsp3) is 0.700. The van der Waals surface area contributed by atoms with Gasteiger partial charge in [-0.15, -0.1) is 0 Å². The van der Waals surface area contributed by atoms with Crippen molar-refractivity contribution >= 4 is 0 Å². The summed E-state index contributed by atoms with van der Waals surface area (Å²) >= 11 is 0. The lowest BCUT2D eigenvalue weighted by Gasteiger charge is -2.40. The lowest BCUT2D eigenvalue weighted by atomic mass is 9.73. The van der Waals surface area contributed by atoms with Gasteiger partial charge in [0.25, 0.3) is 0 Å². The molecule has 1 heterocycles. The molecule has 4 nitrogen and oxygen atoms in total. The van der Waals surface area contributed by atoms with Crippen LogP contribution in [0.3, 0.4) is 0 Å². The van der Waals surface area contributed by atoms with E-state index in [0.29, 0.717) is 5.89 Å². The topological polar surface area (TPSA) is 72.3 Å². The van der Waals surface area contributed by atoms with Gasteiger partial charge in [-0.2, -0.15) is 0 Å². The van der Waals surface area contributed by atoms with E-state index in [2.05, 4.69) is 4.98 Å². The van der Waals surface area contributed by atoms with Crippen LogP contribution in [-0.2, 0) is 0 Å². The second-order valence-electron chi connectivity index (χ2n) is 4.75. The average Bonchev–Trinajstić information content (AvgIpc) is 2.52. The molecule has 0 aliphatic rings. The Hall–Kier alpha value is -0.870. The minimum atomic E-state index is -1.06. The van der Waals surface area contributed by atoms with Gasteiger partial charge in [0.1, 0.15) is 12.3 Å². The Morgan fingerprint density at radius 3 is 2.36 bits per heavy atom. The first kappa shape index (κ1) is 11.2. The molecule has 0 amide bonds. The van der Waals surface area contributed by atoms with E-state index in [4.69, 9.17) is 10.2 Å². The van der Waals surface area contributed by atoms with Gasteiger partial charge in [-0.1, -0.05) is 20.8 Å². The fourth-order valence-corrected chi connectivity index (χ4v) is 1.10. The van der Waals surface area contributed by atoms with Crippen molar-refractivity contribution in [2.24, 2.45) is 11.1 Å². The van der Waals surface area contributed by atoms with Gasteiger partial charge >= 0.3 is 0 Å². The average molecular weight is 198 g/mol. The predicted molar refractivity (Wildman–Crippen MR) is 53.5 cm³/mol. The van der Waals surface area contributed by atoms with Gasteiger partial charge in [-0.05, 0) is 12.3 Å². The van der Waals surface area contributed by atoms with Crippen molar-refractivity contribution in [2.75, 3.05) is 0 Å². The number of oxazole rings is 1. The highest BCUT2D eigenvalue weighted by molar-refractivity contribution is 5.03. The molecular weight excluding hydrogens is 180 g/mol. The molecule has 1 aromatic rings. The first-order chi connectivity index (χ1) is 6.27. The first-order valence-electron chi connectivity index (χ1n) is 4.64. The minimum Gasteiger partial charge on any atom is -0.447 e. The summed E-state index contributed by atoms with van der Waals surface area (Å²) < 4.78 is 5.08. The number of nitrogens with zero attached hydrogens (tertiary/aromatic N) is 1. The van der Waals surface area contributed by atoms with Crippen molar-refractivity contribution < 1.29 is 9.52 Å². The molecule has 0 saturated carbocycles. The van der Waals surface area contributed by atoms with Gasteiger partial charge in [0.2, 0.25) is 5.89 Å². The first-order valence-corrected chi connectivity index (χ1v) is 4.64. The number of aliphatic hydroxyl groups is 1. The highest BCUT2D eigenvalue weighted by Gasteiger charge is 2.43. The van der Waals surface area contributed by atoms with Gasteiger partial charge in [-0.3, -0.25) is 0 Å². The zero-order valence-corrected chi connectivity index (χ0v) is 9.11. The molecule has 2 unspecified atom stereocenters. The second-order valence-corrected chi connectivity index (χ2v) is 4.75. The molecule has 0 saturated heterocycles. The van der Waals surface area contributed by atoms with Crippen LogP contribution in [-0.4, -0.2) is 15.7 Å². The fourth-order valence-electron chi connectivity index (χ4n) is 1.10. The molecule has 0 aliphatic heterocycles. The zero-order valence-electron chi connectivity index (χ0n) is 9.11. The van der Waals surface area contributed by atoms with Crippen LogP contribution in [0.25, 0.3) is 0 Å². The van der Waals surface area contributed by atoms with Crippen LogP contribution < -0.4 is 5.73 Å². The molecule has 14 heavy (non-hydrogen) atoms. The second kappa shape index (κ2) is 3.37. The van der Waals surface area contributed by atoms with Crippen LogP contribution in [0.4, 0.5) is 0 Å². The third-order valence-electron chi connectivity index (χ3n) is 2.84. The van der Waals surface area contributed by atoms with Gasteiger partial charge in [-0.25, -0.2) is 4.98 Å². The van der Waals surface area contributed by atoms with Crippen LogP contribution in [0.5, 0.6) is 0 Å². The van der Waals surface area contributed by atoms with E-state index < -0.39 is 11.6 Å². The Kier molecular flexibility index (Phi) is 2.69. The molecule has 1 aromatic heterocycles.